The van der Waals surface area contributed by atoms with E-state index in [1.54, 1.807) is 24.3 Å². The largest absolute Gasteiger partial charge is 0.461 e. The second kappa shape index (κ2) is 7.07. The lowest BCUT2D eigenvalue weighted by Crippen LogP contribution is -2.33. The van der Waals surface area contributed by atoms with Crippen LogP contribution in [0.15, 0.2) is 40.8 Å². The van der Waals surface area contributed by atoms with Crippen molar-refractivity contribution >= 4 is 16.0 Å². The second-order valence-electron chi connectivity index (χ2n) is 5.44. The molecule has 0 aliphatic carbocycles. The third kappa shape index (κ3) is 4.18. The van der Waals surface area contributed by atoms with Gasteiger partial charge in [0.1, 0.15) is 6.61 Å². The number of hydrogen-bond donors (Lipinski definition) is 0. The van der Waals surface area contributed by atoms with E-state index in [0.717, 1.165) is 24.0 Å². The van der Waals surface area contributed by atoms with E-state index in [9.17, 15) is 13.2 Å². The zero-order valence-corrected chi connectivity index (χ0v) is 13.7. The zero-order chi connectivity index (χ0) is 16.2. The molecule has 0 radical (unpaired) electrons. The summed E-state index contributed by atoms with van der Waals surface area (Å²) < 4.78 is 31.9. The zero-order valence-electron chi connectivity index (χ0n) is 12.9. The minimum Gasteiger partial charge on any atom is -0.461 e. The minimum atomic E-state index is -3.52. The molecule has 5 nitrogen and oxygen atoms in total. The molecule has 1 aromatic carbocycles. The first-order chi connectivity index (χ1) is 10.4. The number of nitrogens with zero attached hydrogens (tertiary/aromatic N) is 1. The number of carbonyl (C=O) groups excluding carboxylic acids is 1. The maximum Gasteiger partial charge on any atom is 0.302 e. The molecule has 1 aliphatic heterocycles. The molecule has 1 aromatic rings. The highest BCUT2D eigenvalue weighted by Crippen LogP contribution is 2.21. The van der Waals surface area contributed by atoms with Crippen LogP contribution < -0.4 is 0 Å². The van der Waals surface area contributed by atoms with E-state index in [2.05, 4.69) is 0 Å². The molecule has 1 aliphatic rings. The average molecular weight is 323 g/mol. The number of ether oxygens (including phenoxy) is 1. The van der Waals surface area contributed by atoms with Crippen molar-refractivity contribution in [3.05, 3.63) is 41.5 Å². The van der Waals surface area contributed by atoms with E-state index in [1.807, 2.05) is 13.0 Å². The van der Waals surface area contributed by atoms with Crippen LogP contribution in [0.5, 0.6) is 0 Å². The Labute approximate surface area is 131 Å². The summed E-state index contributed by atoms with van der Waals surface area (Å²) in [6, 6.07) is 6.84. The van der Waals surface area contributed by atoms with Crippen molar-refractivity contribution < 1.29 is 17.9 Å². The summed E-state index contributed by atoms with van der Waals surface area (Å²) in [6.07, 6.45) is 3.51. The number of rotatable bonds is 4. The summed E-state index contributed by atoms with van der Waals surface area (Å²) in [5, 5.41) is 0. The fraction of sp³-hybridized carbons (Fsp3) is 0.438. The van der Waals surface area contributed by atoms with Crippen LogP contribution in [-0.2, 0) is 19.6 Å². The van der Waals surface area contributed by atoms with Crippen molar-refractivity contribution in [3.63, 3.8) is 0 Å². The fourth-order valence-electron chi connectivity index (χ4n) is 2.31. The number of carbonyl (C=O) groups is 1. The molecule has 0 N–H and O–H groups in total. The number of sulfonamides is 1. The Morgan fingerprint density at radius 3 is 2.59 bits per heavy atom. The van der Waals surface area contributed by atoms with Crippen molar-refractivity contribution in [1.29, 1.82) is 0 Å². The molecule has 2 rings (SSSR count). The summed E-state index contributed by atoms with van der Waals surface area (Å²) in [5.74, 6) is -0.363. The summed E-state index contributed by atoms with van der Waals surface area (Å²) in [5.41, 5.74) is 1.84. The van der Waals surface area contributed by atoms with E-state index in [-0.39, 0.29) is 19.1 Å². The van der Waals surface area contributed by atoms with Crippen LogP contribution >= 0.6 is 0 Å². The van der Waals surface area contributed by atoms with Gasteiger partial charge in [0.2, 0.25) is 10.0 Å². The van der Waals surface area contributed by atoms with Gasteiger partial charge in [0.15, 0.2) is 0 Å². The standard InChI is InChI=1S/C16H21NO4S/c1-13-6-8-16(9-7-13)22(19,20)17-10-4-3-5-15(11-17)12-21-14(2)18/h5-9H,3-4,10-12H2,1-2H3. The van der Waals surface area contributed by atoms with E-state index in [0.29, 0.717) is 11.4 Å². The maximum absolute atomic E-state index is 12.7. The smallest absolute Gasteiger partial charge is 0.302 e. The van der Waals surface area contributed by atoms with Gasteiger partial charge in [0, 0.05) is 20.0 Å². The van der Waals surface area contributed by atoms with Gasteiger partial charge in [-0.2, -0.15) is 4.31 Å². The normalized spacial score (nSPS) is 16.7. The molecule has 0 bridgehead atoms. The summed E-state index contributed by atoms with van der Waals surface area (Å²) >= 11 is 0. The van der Waals surface area contributed by atoms with Crippen molar-refractivity contribution in [2.24, 2.45) is 0 Å². The molecule has 22 heavy (non-hydrogen) atoms. The predicted octanol–water partition coefficient (Wildman–Crippen LogP) is 2.27. The van der Waals surface area contributed by atoms with Crippen molar-refractivity contribution in [3.8, 4) is 0 Å². The monoisotopic (exact) mass is 323 g/mol. The van der Waals surface area contributed by atoms with Crippen molar-refractivity contribution in [1.82, 2.24) is 4.31 Å². The van der Waals surface area contributed by atoms with Gasteiger partial charge < -0.3 is 4.74 Å². The fourth-order valence-corrected chi connectivity index (χ4v) is 3.79. The third-order valence-corrected chi connectivity index (χ3v) is 5.40. The Kier molecular flexibility index (Phi) is 5.37. The Morgan fingerprint density at radius 1 is 1.27 bits per heavy atom. The van der Waals surface area contributed by atoms with Crippen LogP contribution in [0, 0.1) is 6.92 Å². The minimum absolute atomic E-state index is 0.148. The molecule has 120 valence electrons. The first-order valence-electron chi connectivity index (χ1n) is 7.27. The van der Waals surface area contributed by atoms with Gasteiger partial charge in [-0.3, -0.25) is 4.79 Å². The predicted molar refractivity (Wildman–Crippen MR) is 83.9 cm³/mol. The molecule has 0 fully saturated rings. The van der Waals surface area contributed by atoms with E-state index < -0.39 is 10.0 Å². The van der Waals surface area contributed by atoms with Crippen LogP contribution in [-0.4, -0.2) is 38.4 Å². The molecular formula is C16H21NO4S. The number of benzene rings is 1. The van der Waals surface area contributed by atoms with Crippen LogP contribution in [0.2, 0.25) is 0 Å². The highest BCUT2D eigenvalue weighted by molar-refractivity contribution is 7.89. The molecular weight excluding hydrogens is 302 g/mol. The van der Waals surface area contributed by atoms with Gasteiger partial charge in [0.05, 0.1) is 4.90 Å². The molecule has 0 atom stereocenters. The van der Waals surface area contributed by atoms with Gasteiger partial charge in [0.25, 0.3) is 0 Å². The number of aryl methyl sites for hydroxylation is 1. The Balaban J connectivity index is 2.17. The molecule has 0 unspecified atom stereocenters. The summed E-state index contributed by atoms with van der Waals surface area (Å²) in [4.78, 5) is 11.2. The van der Waals surface area contributed by atoms with E-state index in [4.69, 9.17) is 4.74 Å². The van der Waals surface area contributed by atoms with E-state index >= 15 is 0 Å². The average Bonchev–Trinajstić information content (AvgIpc) is 2.71. The van der Waals surface area contributed by atoms with Crippen molar-refractivity contribution in [2.75, 3.05) is 19.7 Å². The van der Waals surface area contributed by atoms with Crippen LogP contribution in [0.1, 0.15) is 25.3 Å². The molecule has 0 saturated heterocycles. The molecule has 0 saturated carbocycles. The number of esters is 1. The lowest BCUT2D eigenvalue weighted by Gasteiger charge is -2.21. The van der Waals surface area contributed by atoms with Gasteiger partial charge >= 0.3 is 5.97 Å². The molecule has 0 amide bonds. The van der Waals surface area contributed by atoms with Crippen LogP contribution in [0.3, 0.4) is 0 Å². The quantitative estimate of drug-likeness (QED) is 0.630. The lowest BCUT2D eigenvalue weighted by atomic mass is 10.2. The Bertz CT molecular complexity index is 662. The number of allylic oxidation sites excluding steroid dienone is 1. The first kappa shape index (κ1) is 16.7. The lowest BCUT2D eigenvalue weighted by molar-refractivity contribution is -0.140. The third-order valence-electron chi connectivity index (χ3n) is 3.54. The second-order valence-corrected chi connectivity index (χ2v) is 7.37. The van der Waals surface area contributed by atoms with Crippen LogP contribution in [0.25, 0.3) is 0 Å². The van der Waals surface area contributed by atoms with Gasteiger partial charge in [-0.25, -0.2) is 8.42 Å². The number of hydrogen-bond acceptors (Lipinski definition) is 4. The maximum atomic E-state index is 12.7. The van der Waals surface area contributed by atoms with Crippen molar-refractivity contribution in [2.45, 2.75) is 31.6 Å². The molecule has 0 aromatic heterocycles. The summed E-state index contributed by atoms with van der Waals surface area (Å²) in [7, 11) is -3.52. The topological polar surface area (TPSA) is 63.7 Å². The molecule has 6 heteroatoms. The van der Waals surface area contributed by atoms with E-state index in [1.165, 1.54) is 11.2 Å². The first-order valence-corrected chi connectivity index (χ1v) is 8.71. The summed E-state index contributed by atoms with van der Waals surface area (Å²) in [6.45, 7) is 4.15. The highest BCUT2D eigenvalue weighted by atomic mass is 32.2. The van der Waals surface area contributed by atoms with Crippen LogP contribution in [0.4, 0.5) is 0 Å². The van der Waals surface area contributed by atoms with Gasteiger partial charge in [-0.05, 0) is 37.5 Å². The van der Waals surface area contributed by atoms with Gasteiger partial charge in [-0.15, -0.1) is 0 Å². The highest BCUT2D eigenvalue weighted by Gasteiger charge is 2.26. The van der Waals surface area contributed by atoms with Gasteiger partial charge in [-0.1, -0.05) is 23.8 Å². The molecule has 0 spiro atoms. The molecule has 1 heterocycles. The Morgan fingerprint density at radius 2 is 1.95 bits per heavy atom. The SMILES string of the molecule is CC(=O)OCC1=CCCCN(S(=O)(=O)c2ccc(C)cc2)C1. The Hall–Kier alpha value is -1.66.